The van der Waals surface area contributed by atoms with Crippen molar-refractivity contribution >= 4 is 22.6 Å². The van der Waals surface area contributed by atoms with Crippen LogP contribution in [0.25, 0.3) is 0 Å². The molecular formula is C7H2F3IN2O. The number of ether oxygens (including phenoxy) is 1. The van der Waals surface area contributed by atoms with Gasteiger partial charge in [0.15, 0.2) is 11.4 Å². The van der Waals surface area contributed by atoms with Crippen LogP contribution in [0.3, 0.4) is 0 Å². The van der Waals surface area contributed by atoms with Gasteiger partial charge in [-0.25, -0.2) is 4.98 Å². The lowest BCUT2D eigenvalue weighted by atomic mass is 10.3. The second kappa shape index (κ2) is 4.00. The normalized spacial score (nSPS) is 10.8. The van der Waals surface area contributed by atoms with Gasteiger partial charge < -0.3 is 4.74 Å². The number of halogens is 4. The molecule has 0 saturated heterocycles. The van der Waals surface area contributed by atoms with E-state index in [1.807, 2.05) is 0 Å². The highest BCUT2D eigenvalue weighted by Crippen LogP contribution is 2.25. The molecule has 0 unspecified atom stereocenters. The summed E-state index contributed by atoms with van der Waals surface area (Å²) in [6.45, 7) is 0. The second-order valence-electron chi connectivity index (χ2n) is 2.16. The molecule has 0 fully saturated rings. The van der Waals surface area contributed by atoms with E-state index in [4.69, 9.17) is 5.26 Å². The van der Waals surface area contributed by atoms with Crippen LogP contribution in [-0.4, -0.2) is 11.3 Å². The molecule has 3 nitrogen and oxygen atoms in total. The fourth-order valence-electron chi connectivity index (χ4n) is 0.707. The minimum Gasteiger partial charge on any atom is -0.403 e. The van der Waals surface area contributed by atoms with E-state index in [2.05, 4.69) is 9.72 Å². The molecule has 0 spiro atoms. The molecule has 0 N–H and O–H groups in total. The molecule has 0 aliphatic carbocycles. The fraction of sp³-hybridized carbons (Fsp3) is 0.143. The topological polar surface area (TPSA) is 45.9 Å². The average molecular weight is 314 g/mol. The zero-order valence-corrected chi connectivity index (χ0v) is 8.63. The van der Waals surface area contributed by atoms with Crippen LogP contribution in [0.1, 0.15) is 5.69 Å². The van der Waals surface area contributed by atoms with Crippen molar-refractivity contribution < 1.29 is 17.9 Å². The van der Waals surface area contributed by atoms with Gasteiger partial charge in [0, 0.05) is 9.77 Å². The van der Waals surface area contributed by atoms with Gasteiger partial charge in [0.25, 0.3) is 0 Å². The number of alkyl halides is 3. The largest absolute Gasteiger partial charge is 0.573 e. The summed E-state index contributed by atoms with van der Waals surface area (Å²) in [5.74, 6) is -0.577. The predicted octanol–water partition coefficient (Wildman–Crippen LogP) is 2.46. The molecule has 1 aromatic rings. The van der Waals surface area contributed by atoms with Crippen molar-refractivity contribution in [2.24, 2.45) is 0 Å². The second-order valence-corrected chi connectivity index (χ2v) is 3.41. The van der Waals surface area contributed by atoms with Gasteiger partial charge in [0.05, 0.1) is 0 Å². The van der Waals surface area contributed by atoms with Gasteiger partial charge >= 0.3 is 6.36 Å². The Bertz CT molecular complexity index is 386. The minimum atomic E-state index is -4.81. The van der Waals surface area contributed by atoms with Crippen molar-refractivity contribution in [2.75, 3.05) is 0 Å². The van der Waals surface area contributed by atoms with E-state index in [0.717, 1.165) is 6.07 Å². The van der Waals surface area contributed by atoms with Crippen molar-refractivity contribution in [3.63, 3.8) is 0 Å². The quantitative estimate of drug-likeness (QED) is 0.748. The molecule has 0 bridgehead atoms. The van der Waals surface area contributed by atoms with Crippen molar-refractivity contribution in [2.45, 2.75) is 6.36 Å². The molecule has 74 valence electrons. The van der Waals surface area contributed by atoms with Gasteiger partial charge in [0.1, 0.15) is 6.07 Å². The Hall–Kier alpha value is -1.04. The van der Waals surface area contributed by atoms with Crippen LogP contribution in [0.5, 0.6) is 5.75 Å². The Morgan fingerprint density at radius 3 is 2.64 bits per heavy atom. The summed E-state index contributed by atoms with van der Waals surface area (Å²) in [6, 6.07) is 2.60. The Balaban J connectivity index is 3.07. The lowest BCUT2D eigenvalue weighted by molar-refractivity contribution is -0.274. The molecule has 1 aromatic heterocycles. The van der Waals surface area contributed by atoms with Crippen LogP contribution in [0.15, 0.2) is 12.3 Å². The van der Waals surface area contributed by atoms with Crippen LogP contribution < -0.4 is 4.74 Å². The number of pyridine rings is 1. The monoisotopic (exact) mass is 314 g/mol. The molecule has 0 atom stereocenters. The lowest BCUT2D eigenvalue weighted by Gasteiger charge is -2.09. The minimum absolute atomic E-state index is 0.386. The van der Waals surface area contributed by atoms with Crippen LogP contribution >= 0.6 is 22.6 Å². The summed E-state index contributed by atoms with van der Waals surface area (Å²) in [4.78, 5) is 3.49. The first-order valence-corrected chi connectivity index (χ1v) is 4.31. The van der Waals surface area contributed by atoms with Crippen molar-refractivity contribution in [3.8, 4) is 11.8 Å². The van der Waals surface area contributed by atoms with E-state index in [9.17, 15) is 13.2 Å². The molecule has 14 heavy (non-hydrogen) atoms. The molecule has 7 heteroatoms. The SMILES string of the molecule is N#Cc1ncc(I)cc1OC(F)(F)F. The summed E-state index contributed by atoms with van der Waals surface area (Å²) in [7, 11) is 0. The van der Waals surface area contributed by atoms with Crippen molar-refractivity contribution in [1.29, 1.82) is 5.26 Å². The van der Waals surface area contributed by atoms with Gasteiger partial charge in [-0.15, -0.1) is 13.2 Å². The number of hydrogen-bond acceptors (Lipinski definition) is 3. The predicted molar refractivity (Wildman–Crippen MR) is 48.4 cm³/mol. The van der Waals surface area contributed by atoms with Crippen molar-refractivity contribution in [3.05, 3.63) is 21.5 Å². The molecule has 0 saturated carbocycles. The molecule has 1 rings (SSSR count). The van der Waals surface area contributed by atoms with Crippen LogP contribution in [0.2, 0.25) is 0 Å². The third kappa shape index (κ3) is 3.02. The van der Waals surface area contributed by atoms with E-state index in [0.29, 0.717) is 3.57 Å². The number of nitriles is 1. The van der Waals surface area contributed by atoms with E-state index in [1.165, 1.54) is 12.3 Å². The summed E-state index contributed by atoms with van der Waals surface area (Å²) >= 11 is 1.77. The maximum atomic E-state index is 11.8. The standard InChI is InChI=1S/C7H2F3IN2O/c8-7(9,10)14-6-1-4(11)3-13-5(6)2-12/h1,3H. The highest BCUT2D eigenvalue weighted by Gasteiger charge is 2.32. The molecule has 0 aliphatic heterocycles. The highest BCUT2D eigenvalue weighted by molar-refractivity contribution is 14.1. The zero-order valence-electron chi connectivity index (χ0n) is 6.47. The summed E-state index contributed by atoms with van der Waals surface area (Å²) < 4.78 is 39.6. The first kappa shape index (κ1) is 11.0. The van der Waals surface area contributed by atoms with Gasteiger partial charge in [-0.1, -0.05) is 0 Å². The first-order chi connectivity index (χ1) is 6.42. The number of hydrogen-bond donors (Lipinski definition) is 0. The van der Waals surface area contributed by atoms with E-state index in [-0.39, 0.29) is 5.69 Å². The molecular weight excluding hydrogens is 312 g/mol. The van der Waals surface area contributed by atoms with E-state index >= 15 is 0 Å². The van der Waals surface area contributed by atoms with Crippen LogP contribution in [-0.2, 0) is 0 Å². The van der Waals surface area contributed by atoms with Gasteiger partial charge in [-0.3, -0.25) is 0 Å². The third-order valence-electron chi connectivity index (χ3n) is 1.15. The fourth-order valence-corrected chi connectivity index (χ4v) is 1.13. The number of aromatic nitrogens is 1. The summed E-state index contributed by atoms with van der Waals surface area (Å²) in [5, 5.41) is 8.44. The maximum Gasteiger partial charge on any atom is 0.573 e. The Kier molecular flexibility index (Phi) is 3.15. The summed E-state index contributed by atoms with van der Waals surface area (Å²) in [6.07, 6.45) is -3.53. The third-order valence-corrected chi connectivity index (χ3v) is 1.74. The Morgan fingerprint density at radius 1 is 1.50 bits per heavy atom. The van der Waals surface area contributed by atoms with Crippen LogP contribution in [0.4, 0.5) is 13.2 Å². The highest BCUT2D eigenvalue weighted by atomic mass is 127. The Labute approximate surface area is 90.6 Å². The molecule has 0 aliphatic rings. The first-order valence-electron chi connectivity index (χ1n) is 3.24. The maximum absolute atomic E-state index is 11.8. The average Bonchev–Trinajstić information content (AvgIpc) is 2.01. The van der Waals surface area contributed by atoms with E-state index < -0.39 is 12.1 Å². The Morgan fingerprint density at radius 2 is 2.14 bits per heavy atom. The lowest BCUT2D eigenvalue weighted by Crippen LogP contribution is -2.18. The zero-order chi connectivity index (χ0) is 10.8. The van der Waals surface area contributed by atoms with Crippen molar-refractivity contribution in [1.82, 2.24) is 4.98 Å². The number of rotatable bonds is 1. The number of nitrogens with zero attached hydrogens (tertiary/aromatic N) is 2. The van der Waals surface area contributed by atoms with Gasteiger partial charge in [-0.2, -0.15) is 5.26 Å². The van der Waals surface area contributed by atoms with E-state index in [1.54, 1.807) is 22.6 Å². The molecule has 0 aromatic carbocycles. The molecule has 0 radical (unpaired) electrons. The van der Waals surface area contributed by atoms with Gasteiger partial charge in [0.2, 0.25) is 0 Å². The van der Waals surface area contributed by atoms with Crippen LogP contribution in [0, 0.1) is 14.9 Å². The summed E-state index contributed by atoms with van der Waals surface area (Å²) in [5.41, 5.74) is -0.386. The van der Waals surface area contributed by atoms with Gasteiger partial charge in [-0.05, 0) is 28.7 Å². The molecule has 0 amide bonds. The molecule has 1 heterocycles. The smallest absolute Gasteiger partial charge is 0.403 e.